The Labute approximate surface area is 140 Å². The highest BCUT2D eigenvalue weighted by Gasteiger charge is 2.37. The molecule has 0 bridgehead atoms. The second-order valence-electron chi connectivity index (χ2n) is 4.51. The molecule has 1 aromatic heterocycles. The Bertz CT molecular complexity index is 766. The standard InChI is InChI=1S/C15H14BrNO6/c1-21-13(18)11(14(19)22-2)10-8-6-4-5-7-9(8)17(12(10)16)15(20)23-3/h4-7,11H,1-3H3. The molecule has 0 atom stereocenters. The van der Waals surface area contributed by atoms with Crippen LogP contribution in [0.15, 0.2) is 28.9 Å². The minimum atomic E-state index is -1.32. The normalized spacial score (nSPS) is 10.7. The van der Waals surface area contributed by atoms with Crippen molar-refractivity contribution in [2.75, 3.05) is 21.3 Å². The first-order valence-electron chi connectivity index (χ1n) is 6.50. The molecule has 0 saturated heterocycles. The summed E-state index contributed by atoms with van der Waals surface area (Å²) in [5.74, 6) is -2.90. The second kappa shape index (κ2) is 6.82. The zero-order chi connectivity index (χ0) is 17.1. The largest absolute Gasteiger partial charge is 0.468 e. The number of nitrogens with zero attached hydrogens (tertiary/aromatic N) is 1. The third-order valence-corrected chi connectivity index (χ3v) is 4.16. The van der Waals surface area contributed by atoms with Crippen molar-refractivity contribution in [1.29, 1.82) is 0 Å². The number of aromatic nitrogens is 1. The quantitative estimate of drug-likeness (QED) is 0.459. The minimum absolute atomic E-state index is 0.228. The molecule has 1 aromatic carbocycles. The summed E-state index contributed by atoms with van der Waals surface area (Å²) in [6.07, 6.45) is -0.659. The summed E-state index contributed by atoms with van der Waals surface area (Å²) >= 11 is 3.28. The van der Waals surface area contributed by atoms with E-state index in [0.29, 0.717) is 10.9 Å². The van der Waals surface area contributed by atoms with Gasteiger partial charge in [0.05, 0.1) is 26.8 Å². The van der Waals surface area contributed by atoms with Crippen molar-refractivity contribution >= 4 is 44.9 Å². The summed E-state index contributed by atoms with van der Waals surface area (Å²) in [7, 11) is 3.58. The van der Waals surface area contributed by atoms with Gasteiger partial charge in [0.25, 0.3) is 0 Å². The maximum Gasteiger partial charge on any atom is 0.419 e. The Morgan fingerprint density at radius 2 is 1.57 bits per heavy atom. The van der Waals surface area contributed by atoms with Crippen LogP contribution in [0.5, 0.6) is 0 Å². The van der Waals surface area contributed by atoms with Crippen LogP contribution in [0.3, 0.4) is 0 Å². The number of esters is 2. The highest BCUT2D eigenvalue weighted by Crippen LogP contribution is 2.37. The van der Waals surface area contributed by atoms with Crippen LogP contribution in [0.2, 0.25) is 0 Å². The Morgan fingerprint density at radius 1 is 1.00 bits per heavy atom. The lowest BCUT2D eigenvalue weighted by atomic mass is 9.99. The van der Waals surface area contributed by atoms with Crippen LogP contribution in [0.4, 0.5) is 4.79 Å². The van der Waals surface area contributed by atoms with E-state index in [0.717, 1.165) is 0 Å². The molecule has 8 heteroatoms. The van der Waals surface area contributed by atoms with E-state index in [9.17, 15) is 14.4 Å². The van der Waals surface area contributed by atoms with Gasteiger partial charge in [0.1, 0.15) is 4.60 Å². The van der Waals surface area contributed by atoms with Gasteiger partial charge in [0, 0.05) is 10.9 Å². The third kappa shape index (κ3) is 2.81. The predicted molar refractivity (Wildman–Crippen MR) is 84.2 cm³/mol. The molecule has 0 radical (unpaired) electrons. The molecule has 0 unspecified atom stereocenters. The number of hydrogen-bond acceptors (Lipinski definition) is 6. The lowest BCUT2D eigenvalue weighted by Gasteiger charge is -2.13. The van der Waals surface area contributed by atoms with Crippen LogP contribution in [0.25, 0.3) is 10.9 Å². The number of rotatable bonds is 3. The van der Waals surface area contributed by atoms with Gasteiger partial charge in [0.2, 0.25) is 0 Å². The van der Waals surface area contributed by atoms with E-state index >= 15 is 0 Å². The van der Waals surface area contributed by atoms with E-state index in [1.807, 2.05) is 0 Å². The summed E-state index contributed by atoms with van der Waals surface area (Å²) in [5, 5.41) is 0.533. The molecule has 23 heavy (non-hydrogen) atoms. The maximum absolute atomic E-state index is 12.1. The molecule has 0 saturated carbocycles. The Morgan fingerprint density at radius 3 is 2.09 bits per heavy atom. The highest BCUT2D eigenvalue weighted by atomic mass is 79.9. The lowest BCUT2D eigenvalue weighted by molar-refractivity contribution is -0.154. The number of benzene rings is 1. The van der Waals surface area contributed by atoms with E-state index in [1.54, 1.807) is 24.3 Å². The maximum atomic E-state index is 12.1. The smallest absolute Gasteiger partial charge is 0.419 e. The summed E-state index contributed by atoms with van der Waals surface area (Å²) in [6.45, 7) is 0. The number of hydrogen-bond donors (Lipinski definition) is 0. The molecule has 2 aromatic rings. The van der Waals surface area contributed by atoms with Crippen molar-refractivity contribution in [2.24, 2.45) is 0 Å². The number of fused-ring (bicyclic) bond motifs is 1. The fourth-order valence-corrected chi connectivity index (χ4v) is 3.12. The minimum Gasteiger partial charge on any atom is -0.468 e. The van der Waals surface area contributed by atoms with Gasteiger partial charge in [-0.3, -0.25) is 9.59 Å². The number of halogens is 1. The SMILES string of the molecule is COC(=O)C(C(=O)OC)c1c(Br)n(C(=O)OC)c2ccccc12. The van der Waals surface area contributed by atoms with E-state index in [2.05, 4.69) is 15.9 Å². The molecular formula is C15H14BrNO6. The van der Waals surface area contributed by atoms with Crippen molar-refractivity contribution in [2.45, 2.75) is 5.92 Å². The van der Waals surface area contributed by atoms with Crippen LogP contribution in [0, 0.1) is 0 Å². The van der Waals surface area contributed by atoms with E-state index in [1.165, 1.54) is 25.9 Å². The Hall–Kier alpha value is -2.35. The van der Waals surface area contributed by atoms with Gasteiger partial charge in [-0.1, -0.05) is 18.2 Å². The first-order valence-corrected chi connectivity index (χ1v) is 7.30. The molecule has 0 amide bonds. The average Bonchev–Trinajstić information content (AvgIpc) is 2.86. The van der Waals surface area contributed by atoms with Crippen LogP contribution in [0.1, 0.15) is 11.5 Å². The summed E-state index contributed by atoms with van der Waals surface area (Å²) in [6, 6.07) is 6.81. The molecule has 0 aliphatic carbocycles. The van der Waals surface area contributed by atoms with Gasteiger partial charge in [-0.15, -0.1) is 0 Å². The number of ether oxygens (including phenoxy) is 3. The molecule has 0 fully saturated rings. The van der Waals surface area contributed by atoms with Crippen LogP contribution < -0.4 is 0 Å². The van der Waals surface area contributed by atoms with E-state index in [-0.39, 0.29) is 10.2 Å². The number of methoxy groups -OCH3 is 3. The van der Waals surface area contributed by atoms with Gasteiger partial charge in [-0.05, 0) is 22.0 Å². The first kappa shape index (κ1) is 17.0. The average molecular weight is 384 g/mol. The molecule has 122 valence electrons. The zero-order valence-corrected chi connectivity index (χ0v) is 14.2. The van der Waals surface area contributed by atoms with Crippen molar-refractivity contribution < 1.29 is 28.6 Å². The zero-order valence-electron chi connectivity index (χ0n) is 12.7. The Kier molecular flexibility index (Phi) is 5.05. The van der Waals surface area contributed by atoms with Crippen molar-refractivity contribution in [1.82, 2.24) is 4.57 Å². The molecule has 1 heterocycles. The fraction of sp³-hybridized carbons (Fsp3) is 0.267. The van der Waals surface area contributed by atoms with Gasteiger partial charge < -0.3 is 14.2 Å². The molecular weight excluding hydrogens is 370 g/mol. The number of para-hydroxylation sites is 1. The van der Waals surface area contributed by atoms with Crippen molar-refractivity contribution in [3.8, 4) is 0 Å². The highest BCUT2D eigenvalue weighted by molar-refractivity contribution is 9.10. The monoisotopic (exact) mass is 383 g/mol. The van der Waals surface area contributed by atoms with Gasteiger partial charge in [0.15, 0.2) is 5.92 Å². The third-order valence-electron chi connectivity index (χ3n) is 3.37. The fourth-order valence-electron chi connectivity index (χ4n) is 2.35. The number of carbonyl (C=O) groups excluding carboxylic acids is 3. The van der Waals surface area contributed by atoms with Crippen LogP contribution in [-0.4, -0.2) is 43.9 Å². The molecule has 0 aliphatic heterocycles. The first-order chi connectivity index (χ1) is 11.0. The van der Waals surface area contributed by atoms with E-state index < -0.39 is 23.9 Å². The van der Waals surface area contributed by atoms with Crippen molar-refractivity contribution in [3.63, 3.8) is 0 Å². The molecule has 0 aliphatic rings. The van der Waals surface area contributed by atoms with Crippen LogP contribution in [-0.2, 0) is 23.8 Å². The van der Waals surface area contributed by atoms with E-state index in [4.69, 9.17) is 14.2 Å². The molecule has 0 N–H and O–H groups in total. The molecule has 2 rings (SSSR count). The summed E-state index contributed by atoms with van der Waals surface area (Å²) in [5.41, 5.74) is 0.767. The molecule has 0 spiro atoms. The van der Waals surface area contributed by atoms with Crippen LogP contribution >= 0.6 is 15.9 Å². The second-order valence-corrected chi connectivity index (χ2v) is 5.26. The summed E-state index contributed by atoms with van der Waals surface area (Å²) < 4.78 is 15.6. The number of carbonyl (C=O) groups is 3. The van der Waals surface area contributed by atoms with Gasteiger partial charge in [-0.25, -0.2) is 9.36 Å². The topological polar surface area (TPSA) is 83.8 Å². The Balaban J connectivity index is 2.82. The molecule has 7 nitrogen and oxygen atoms in total. The van der Waals surface area contributed by atoms with Gasteiger partial charge in [-0.2, -0.15) is 0 Å². The summed E-state index contributed by atoms with van der Waals surface area (Å²) in [4.78, 5) is 36.2. The van der Waals surface area contributed by atoms with Gasteiger partial charge >= 0.3 is 18.0 Å². The predicted octanol–water partition coefficient (Wildman–Crippen LogP) is 2.45. The van der Waals surface area contributed by atoms with Crippen molar-refractivity contribution in [3.05, 3.63) is 34.4 Å². The lowest BCUT2D eigenvalue weighted by Crippen LogP contribution is -2.25.